The lowest BCUT2D eigenvalue weighted by Gasteiger charge is -2.40. The summed E-state index contributed by atoms with van der Waals surface area (Å²) in [5.74, 6) is -0.170. The number of hydrogen-bond acceptors (Lipinski definition) is 8. The van der Waals surface area contributed by atoms with Crippen LogP contribution in [-0.2, 0) is 14.3 Å². The monoisotopic (exact) mass is 1090 g/mol. The molecule has 456 valence electrons. The summed E-state index contributed by atoms with van der Waals surface area (Å²) in [4.78, 5) is 13.1. The number of aliphatic hydroxyl groups excluding tert-OH is 5. The first-order chi connectivity index (χ1) is 37.8. The van der Waals surface area contributed by atoms with Gasteiger partial charge in [-0.2, -0.15) is 0 Å². The van der Waals surface area contributed by atoms with Crippen molar-refractivity contribution in [1.82, 2.24) is 5.32 Å². The Bertz CT molecular complexity index is 1260. The van der Waals surface area contributed by atoms with Gasteiger partial charge in [-0.3, -0.25) is 4.79 Å². The van der Waals surface area contributed by atoms with E-state index in [1.807, 2.05) is 6.08 Å². The number of aliphatic hydroxyl groups is 5. The molecule has 7 atom stereocenters. The predicted molar refractivity (Wildman–Crippen MR) is 327 cm³/mol. The lowest BCUT2D eigenvalue weighted by atomic mass is 9.99. The van der Waals surface area contributed by atoms with E-state index in [9.17, 15) is 30.3 Å². The maximum Gasteiger partial charge on any atom is 0.220 e. The Hall–Kier alpha value is -1.33. The molecule has 6 N–H and O–H groups in total. The van der Waals surface area contributed by atoms with Crippen LogP contribution >= 0.6 is 0 Å². The molecule has 0 saturated carbocycles. The fourth-order valence-electron chi connectivity index (χ4n) is 11.2. The van der Waals surface area contributed by atoms with Crippen LogP contribution < -0.4 is 5.32 Å². The Labute approximate surface area is 477 Å². The molecule has 77 heavy (non-hydrogen) atoms. The number of hydrogen-bond donors (Lipinski definition) is 6. The average Bonchev–Trinajstić information content (AvgIpc) is 3.43. The second kappa shape index (κ2) is 57.9. The van der Waals surface area contributed by atoms with E-state index in [4.69, 9.17) is 9.47 Å². The summed E-state index contributed by atoms with van der Waals surface area (Å²) >= 11 is 0. The second-order valence-electron chi connectivity index (χ2n) is 24.0. The number of rotatable bonds is 60. The summed E-state index contributed by atoms with van der Waals surface area (Å²) in [5.41, 5.74) is 0. The van der Waals surface area contributed by atoms with Gasteiger partial charge in [0.05, 0.1) is 25.4 Å². The first kappa shape index (κ1) is 73.7. The molecule has 9 heteroatoms. The van der Waals surface area contributed by atoms with Gasteiger partial charge in [0.25, 0.3) is 0 Å². The van der Waals surface area contributed by atoms with Crippen molar-refractivity contribution in [2.24, 2.45) is 0 Å². The molecule has 0 aliphatic carbocycles. The fraction of sp³-hybridized carbons (Fsp3) is 0.926. The molecule has 1 saturated heterocycles. The van der Waals surface area contributed by atoms with E-state index >= 15 is 0 Å². The molecule has 0 radical (unpaired) electrons. The Morgan fingerprint density at radius 2 is 0.727 bits per heavy atom. The zero-order chi connectivity index (χ0) is 55.8. The Morgan fingerprint density at radius 3 is 1.05 bits per heavy atom. The van der Waals surface area contributed by atoms with E-state index < -0.39 is 49.5 Å². The molecule has 0 aromatic carbocycles. The van der Waals surface area contributed by atoms with Crippen molar-refractivity contribution in [2.45, 2.75) is 391 Å². The summed E-state index contributed by atoms with van der Waals surface area (Å²) in [6.07, 6.45) is 68.6. The number of ether oxygens (including phenoxy) is 2. The number of carbonyl (C=O) groups is 1. The third-order valence-electron chi connectivity index (χ3n) is 16.5. The van der Waals surface area contributed by atoms with Crippen LogP contribution in [0.3, 0.4) is 0 Å². The fourth-order valence-corrected chi connectivity index (χ4v) is 11.2. The van der Waals surface area contributed by atoms with E-state index in [-0.39, 0.29) is 12.5 Å². The molecule has 7 unspecified atom stereocenters. The van der Waals surface area contributed by atoms with E-state index in [1.165, 1.54) is 289 Å². The molecule has 0 bridgehead atoms. The second-order valence-corrected chi connectivity index (χ2v) is 24.0. The molecule has 1 aliphatic rings. The van der Waals surface area contributed by atoms with Crippen molar-refractivity contribution >= 4 is 5.91 Å². The smallest absolute Gasteiger partial charge is 0.220 e. The Morgan fingerprint density at radius 1 is 0.429 bits per heavy atom. The van der Waals surface area contributed by atoms with Crippen molar-refractivity contribution in [3.05, 3.63) is 24.3 Å². The van der Waals surface area contributed by atoms with Crippen LogP contribution in [0, 0.1) is 0 Å². The van der Waals surface area contributed by atoms with Crippen molar-refractivity contribution in [1.29, 1.82) is 0 Å². The standard InChI is InChI=1S/C68H131NO8/c1-3-5-7-9-11-13-15-17-19-21-23-24-25-26-27-28-29-30-31-32-33-34-35-36-37-38-40-42-44-46-48-50-52-54-56-58-64(72)69-61(60-76-68-67(75)66(74)65(73)63(59-70)77-68)62(71)57-55-53-51-49-47-45-43-41-39-22-20-18-16-14-12-10-8-6-4-2/h28-29,55,57,61-63,65-68,70-71,73-75H,3-27,30-54,56,58-60H2,1-2H3,(H,69,72)/b29-28-,57-55+. The van der Waals surface area contributed by atoms with Gasteiger partial charge in [-0.1, -0.05) is 321 Å². The van der Waals surface area contributed by atoms with Gasteiger partial charge >= 0.3 is 0 Å². The SMILES string of the molecule is CCCCCCCCCCCCCCCC/C=C\CCCCCCCCCCCCCCCCCCCC(=O)NC(COC1OC(CO)C(O)C(O)C1O)C(O)/C=C/CCCCCCCCCCCCCCCCCCC. The predicted octanol–water partition coefficient (Wildman–Crippen LogP) is 18.1. The van der Waals surface area contributed by atoms with Gasteiger partial charge in [-0.05, 0) is 44.9 Å². The Kier molecular flexibility index (Phi) is 55.4. The summed E-state index contributed by atoms with van der Waals surface area (Å²) < 4.78 is 11.3. The van der Waals surface area contributed by atoms with Crippen LogP contribution in [0.4, 0.5) is 0 Å². The highest BCUT2D eigenvalue weighted by molar-refractivity contribution is 5.76. The van der Waals surface area contributed by atoms with E-state index in [2.05, 4.69) is 31.3 Å². The first-order valence-electron chi connectivity index (χ1n) is 34.1. The topological polar surface area (TPSA) is 149 Å². The lowest BCUT2D eigenvalue weighted by molar-refractivity contribution is -0.302. The van der Waals surface area contributed by atoms with E-state index in [1.54, 1.807) is 6.08 Å². The molecule has 0 spiro atoms. The maximum absolute atomic E-state index is 13.1. The maximum atomic E-state index is 13.1. The van der Waals surface area contributed by atoms with Gasteiger partial charge in [0.2, 0.25) is 5.91 Å². The van der Waals surface area contributed by atoms with Crippen LogP contribution in [0.25, 0.3) is 0 Å². The minimum absolute atomic E-state index is 0.170. The highest BCUT2D eigenvalue weighted by atomic mass is 16.7. The van der Waals surface area contributed by atoms with E-state index in [0.29, 0.717) is 6.42 Å². The van der Waals surface area contributed by atoms with Gasteiger partial charge in [-0.15, -0.1) is 0 Å². The highest BCUT2D eigenvalue weighted by Crippen LogP contribution is 2.23. The number of nitrogens with one attached hydrogen (secondary N) is 1. The normalized spacial score (nSPS) is 18.8. The molecule has 0 aromatic rings. The summed E-state index contributed by atoms with van der Waals surface area (Å²) in [7, 11) is 0. The highest BCUT2D eigenvalue weighted by Gasteiger charge is 2.44. The van der Waals surface area contributed by atoms with E-state index in [0.717, 1.165) is 38.5 Å². The third kappa shape index (κ3) is 46.9. The van der Waals surface area contributed by atoms with Crippen LogP contribution in [0.2, 0.25) is 0 Å². The molecular weight excluding hydrogens is 959 g/mol. The van der Waals surface area contributed by atoms with Crippen LogP contribution in [0.5, 0.6) is 0 Å². The number of unbranched alkanes of at least 4 members (excludes halogenated alkanes) is 48. The Balaban J connectivity index is 2.09. The number of amides is 1. The van der Waals surface area contributed by atoms with Gasteiger partial charge in [-0.25, -0.2) is 0 Å². The first-order valence-corrected chi connectivity index (χ1v) is 34.1. The van der Waals surface area contributed by atoms with Crippen LogP contribution in [0.15, 0.2) is 24.3 Å². The molecular formula is C68H131NO8. The zero-order valence-electron chi connectivity index (χ0n) is 51.0. The zero-order valence-corrected chi connectivity index (χ0v) is 51.0. The molecule has 1 aliphatic heterocycles. The van der Waals surface area contributed by atoms with Gasteiger partial charge in [0.1, 0.15) is 24.4 Å². The molecule has 1 amide bonds. The van der Waals surface area contributed by atoms with Gasteiger partial charge < -0.3 is 40.3 Å². The quantitative estimate of drug-likeness (QED) is 0.0261. The van der Waals surface area contributed by atoms with Crippen LogP contribution in [0.1, 0.15) is 348 Å². The molecule has 1 fully saturated rings. The summed E-state index contributed by atoms with van der Waals surface area (Å²) in [6, 6.07) is -0.803. The summed E-state index contributed by atoms with van der Waals surface area (Å²) in [5, 5.41) is 54.7. The van der Waals surface area contributed by atoms with Gasteiger partial charge in [0.15, 0.2) is 6.29 Å². The van der Waals surface area contributed by atoms with Crippen molar-refractivity contribution in [2.75, 3.05) is 13.2 Å². The summed E-state index contributed by atoms with van der Waals surface area (Å²) in [6.45, 7) is 3.83. The molecule has 1 rings (SSSR count). The third-order valence-corrected chi connectivity index (χ3v) is 16.5. The van der Waals surface area contributed by atoms with Crippen LogP contribution in [-0.4, -0.2) is 87.5 Å². The minimum atomic E-state index is -1.57. The molecule has 1 heterocycles. The molecule has 9 nitrogen and oxygen atoms in total. The van der Waals surface area contributed by atoms with Crippen molar-refractivity contribution in [3.8, 4) is 0 Å². The van der Waals surface area contributed by atoms with Crippen molar-refractivity contribution < 1.29 is 39.8 Å². The lowest BCUT2D eigenvalue weighted by Crippen LogP contribution is -2.60. The number of carbonyl (C=O) groups excluding carboxylic acids is 1. The minimum Gasteiger partial charge on any atom is -0.394 e. The van der Waals surface area contributed by atoms with Crippen molar-refractivity contribution in [3.63, 3.8) is 0 Å². The number of allylic oxidation sites excluding steroid dienone is 3. The average molecular weight is 1090 g/mol. The van der Waals surface area contributed by atoms with Gasteiger partial charge in [0, 0.05) is 6.42 Å². The molecule has 0 aromatic heterocycles. The largest absolute Gasteiger partial charge is 0.394 e.